The van der Waals surface area contributed by atoms with Gasteiger partial charge < -0.3 is 16.3 Å². The second kappa shape index (κ2) is 6.72. The highest BCUT2D eigenvalue weighted by molar-refractivity contribution is 5.98. The highest BCUT2D eigenvalue weighted by Gasteiger charge is 2.19. The van der Waals surface area contributed by atoms with Crippen LogP contribution in [0, 0.1) is 12.7 Å². The number of carbonyl (C=O) groups excluding carboxylic acids is 1. The first-order chi connectivity index (χ1) is 8.99. The summed E-state index contributed by atoms with van der Waals surface area (Å²) in [7, 11) is 0. The van der Waals surface area contributed by atoms with Gasteiger partial charge in [0.25, 0.3) is 5.91 Å². The number of halogens is 1. The maximum Gasteiger partial charge on any atom is 0.254 e. The third-order valence-electron chi connectivity index (χ3n) is 2.72. The van der Waals surface area contributed by atoms with Crippen LogP contribution in [0.25, 0.3) is 0 Å². The highest BCUT2D eigenvalue weighted by atomic mass is 19.1. The Morgan fingerprint density at radius 3 is 2.84 bits per heavy atom. The quantitative estimate of drug-likeness (QED) is 0.329. The van der Waals surface area contributed by atoms with Crippen molar-refractivity contribution >= 4 is 11.7 Å². The molecule has 1 aromatic carbocycles. The highest BCUT2D eigenvalue weighted by Crippen LogP contribution is 2.10. The minimum absolute atomic E-state index is 0.0492. The summed E-state index contributed by atoms with van der Waals surface area (Å²) in [6.45, 7) is 3.67. The minimum Gasteiger partial charge on any atom is -0.409 e. The smallest absolute Gasteiger partial charge is 0.254 e. The number of amides is 1. The van der Waals surface area contributed by atoms with Gasteiger partial charge in [-0.15, -0.1) is 0 Å². The number of aryl methyl sites for hydroxylation is 1. The van der Waals surface area contributed by atoms with E-state index in [2.05, 4.69) is 10.5 Å². The molecule has 0 bridgehead atoms. The van der Waals surface area contributed by atoms with Crippen molar-refractivity contribution in [3.63, 3.8) is 0 Å². The number of nitrogens with two attached hydrogens (primary N) is 1. The average molecular weight is 267 g/mol. The molecule has 104 valence electrons. The molecule has 1 amide bonds. The van der Waals surface area contributed by atoms with Crippen LogP contribution in [0.5, 0.6) is 0 Å². The molecule has 5 nitrogen and oxygen atoms in total. The van der Waals surface area contributed by atoms with Crippen molar-refractivity contribution in [1.82, 2.24) is 5.32 Å². The number of oxime groups is 1. The summed E-state index contributed by atoms with van der Waals surface area (Å²) in [5, 5.41) is 14.1. The number of carbonyl (C=O) groups is 1. The van der Waals surface area contributed by atoms with Crippen molar-refractivity contribution in [3.8, 4) is 0 Å². The SMILES string of the molecule is CCCC(NC(=O)c1cc(C)ccc1F)/C(N)=N/O. The van der Waals surface area contributed by atoms with Crippen LogP contribution in [0.3, 0.4) is 0 Å². The van der Waals surface area contributed by atoms with Crippen molar-refractivity contribution < 1.29 is 14.4 Å². The van der Waals surface area contributed by atoms with Gasteiger partial charge in [-0.2, -0.15) is 0 Å². The van der Waals surface area contributed by atoms with Crippen LogP contribution in [0.15, 0.2) is 23.4 Å². The first kappa shape index (κ1) is 14.9. The normalized spacial score (nSPS) is 13.1. The summed E-state index contributed by atoms with van der Waals surface area (Å²) < 4.78 is 13.6. The van der Waals surface area contributed by atoms with Crippen LogP contribution in [0.1, 0.15) is 35.7 Å². The Labute approximate surface area is 111 Å². The number of benzene rings is 1. The Bertz CT molecular complexity index is 489. The van der Waals surface area contributed by atoms with E-state index in [1.807, 2.05) is 6.92 Å². The summed E-state index contributed by atoms with van der Waals surface area (Å²) in [6.07, 6.45) is 1.24. The molecule has 1 rings (SSSR count). The number of rotatable bonds is 5. The monoisotopic (exact) mass is 267 g/mol. The average Bonchev–Trinajstić information content (AvgIpc) is 2.40. The van der Waals surface area contributed by atoms with Gasteiger partial charge in [0.15, 0.2) is 5.84 Å². The Hall–Kier alpha value is -2.11. The fourth-order valence-electron chi connectivity index (χ4n) is 1.70. The van der Waals surface area contributed by atoms with E-state index in [-0.39, 0.29) is 11.4 Å². The molecular formula is C13H18FN3O2. The summed E-state index contributed by atoms with van der Waals surface area (Å²) >= 11 is 0. The summed E-state index contributed by atoms with van der Waals surface area (Å²) in [6, 6.07) is 3.67. The molecule has 0 aliphatic heterocycles. The van der Waals surface area contributed by atoms with Crippen LogP contribution < -0.4 is 11.1 Å². The second-order valence-corrected chi connectivity index (χ2v) is 4.32. The molecule has 0 heterocycles. The molecule has 19 heavy (non-hydrogen) atoms. The van der Waals surface area contributed by atoms with Gasteiger partial charge in [0.1, 0.15) is 5.82 Å². The van der Waals surface area contributed by atoms with Gasteiger partial charge >= 0.3 is 0 Å². The van der Waals surface area contributed by atoms with Gasteiger partial charge in [0.2, 0.25) is 0 Å². The van der Waals surface area contributed by atoms with E-state index in [1.165, 1.54) is 12.1 Å². The zero-order chi connectivity index (χ0) is 14.4. The number of hydrogen-bond donors (Lipinski definition) is 3. The van der Waals surface area contributed by atoms with E-state index in [0.717, 1.165) is 12.0 Å². The lowest BCUT2D eigenvalue weighted by molar-refractivity contribution is 0.0940. The zero-order valence-corrected chi connectivity index (χ0v) is 11.0. The molecule has 1 atom stereocenters. The largest absolute Gasteiger partial charge is 0.409 e. The molecule has 1 unspecified atom stereocenters. The van der Waals surface area contributed by atoms with E-state index >= 15 is 0 Å². The molecule has 0 spiro atoms. The van der Waals surface area contributed by atoms with Gasteiger partial charge in [-0.25, -0.2) is 4.39 Å². The van der Waals surface area contributed by atoms with Crippen LogP contribution in [0.2, 0.25) is 0 Å². The van der Waals surface area contributed by atoms with Crippen LogP contribution >= 0.6 is 0 Å². The molecule has 0 aliphatic rings. The first-order valence-electron chi connectivity index (χ1n) is 6.04. The van der Waals surface area contributed by atoms with Gasteiger partial charge in [0.05, 0.1) is 11.6 Å². The minimum atomic E-state index is -0.609. The second-order valence-electron chi connectivity index (χ2n) is 4.32. The fraction of sp³-hybridized carbons (Fsp3) is 0.385. The lowest BCUT2D eigenvalue weighted by Crippen LogP contribution is -2.44. The van der Waals surface area contributed by atoms with E-state index in [4.69, 9.17) is 10.9 Å². The first-order valence-corrected chi connectivity index (χ1v) is 6.04. The number of amidine groups is 1. The summed E-state index contributed by atoms with van der Waals surface area (Å²) in [5.41, 5.74) is 6.22. The Morgan fingerprint density at radius 1 is 1.58 bits per heavy atom. The molecule has 4 N–H and O–H groups in total. The van der Waals surface area contributed by atoms with Crippen LogP contribution in [-0.4, -0.2) is 23.0 Å². The summed E-state index contributed by atoms with van der Waals surface area (Å²) in [5.74, 6) is -1.27. The molecular weight excluding hydrogens is 249 g/mol. The Kier molecular flexibility index (Phi) is 5.29. The number of nitrogens with one attached hydrogen (secondary N) is 1. The van der Waals surface area contributed by atoms with Crippen molar-refractivity contribution in [1.29, 1.82) is 0 Å². The standard InChI is InChI=1S/C13H18FN3O2/c1-3-4-11(12(15)17-19)16-13(18)9-7-8(2)5-6-10(9)14/h5-7,11,19H,3-4H2,1-2H3,(H2,15,17)(H,16,18). The molecule has 0 fully saturated rings. The molecule has 0 saturated carbocycles. The summed E-state index contributed by atoms with van der Waals surface area (Å²) in [4.78, 5) is 12.0. The molecule has 0 radical (unpaired) electrons. The number of hydrogen-bond acceptors (Lipinski definition) is 3. The van der Waals surface area contributed by atoms with E-state index in [1.54, 1.807) is 13.0 Å². The molecule has 6 heteroatoms. The predicted octanol–water partition coefficient (Wildman–Crippen LogP) is 1.78. The van der Waals surface area contributed by atoms with Gasteiger partial charge in [-0.3, -0.25) is 4.79 Å². The Balaban J connectivity index is 2.90. The van der Waals surface area contributed by atoms with E-state index in [0.29, 0.717) is 6.42 Å². The zero-order valence-electron chi connectivity index (χ0n) is 11.0. The third-order valence-corrected chi connectivity index (χ3v) is 2.72. The molecule has 0 saturated heterocycles. The lowest BCUT2D eigenvalue weighted by Gasteiger charge is -2.16. The predicted molar refractivity (Wildman–Crippen MR) is 70.7 cm³/mol. The van der Waals surface area contributed by atoms with Gasteiger partial charge in [-0.05, 0) is 25.5 Å². The molecule has 0 aliphatic carbocycles. The van der Waals surface area contributed by atoms with E-state index in [9.17, 15) is 9.18 Å². The van der Waals surface area contributed by atoms with Gasteiger partial charge in [-0.1, -0.05) is 30.1 Å². The van der Waals surface area contributed by atoms with Crippen molar-refractivity contribution in [3.05, 3.63) is 35.1 Å². The third kappa shape index (κ3) is 3.94. The van der Waals surface area contributed by atoms with Gasteiger partial charge in [0, 0.05) is 0 Å². The van der Waals surface area contributed by atoms with Crippen LogP contribution in [0.4, 0.5) is 4.39 Å². The maximum atomic E-state index is 13.6. The number of nitrogens with zero attached hydrogens (tertiary/aromatic N) is 1. The topological polar surface area (TPSA) is 87.7 Å². The molecule has 0 aromatic heterocycles. The maximum absolute atomic E-state index is 13.6. The fourth-order valence-corrected chi connectivity index (χ4v) is 1.70. The van der Waals surface area contributed by atoms with E-state index < -0.39 is 17.8 Å². The van der Waals surface area contributed by atoms with Crippen molar-refractivity contribution in [2.75, 3.05) is 0 Å². The van der Waals surface area contributed by atoms with Crippen molar-refractivity contribution in [2.24, 2.45) is 10.9 Å². The van der Waals surface area contributed by atoms with Crippen molar-refractivity contribution in [2.45, 2.75) is 32.7 Å². The lowest BCUT2D eigenvalue weighted by atomic mass is 10.1. The molecule has 1 aromatic rings. The van der Waals surface area contributed by atoms with Crippen LogP contribution in [-0.2, 0) is 0 Å². The Morgan fingerprint density at radius 2 is 2.26 bits per heavy atom.